The van der Waals surface area contributed by atoms with Gasteiger partial charge in [0, 0.05) is 0 Å². The zero-order valence-electron chi connectivity index (χ0n) is 21.7. The molecule has 0 spiro atoms. The summed E-state index contributed by atoms with van der Waals surface area (Å²) in [5, 5.41) is 10.5. The van der Waals surface area contributed by atoms with Gasteiger partial charge in [-0.25, -0.2) is 0 Å². The molecular weight excluding hydrogens is 392 g/mol. The number of allylic oxidation sites excluding steroid dienone is 1. The molecule has 0 heterocycles. The smallest absolute Gasteiger partial charge is 0.309 e. The molecular formula is C30H48O2. The van der Waals surface area contributed by atoms with Crippen LogP contribution < -0.4 is 0 Å². The largest absolute Gasteiger partial charge is 0.481 e. The fraction of sp³-hybridized carbons (Fsp3) is 0.900. The Balaban J connectivity index is 1.57. The Labute approximate surface area is 197 Å². The number of carboxylic acid groups (broad SMARTS) is 1. The number of rotatable bonds is 2. The first-order chi connectivity index (χ1) is 14.8. The second kappa shape index (κ2) is 6.88. The maximum Gasteiger partial charge on any atom is 0.309 e. The Morgan fingerprint density at radius 1 is 0.812 bits per heavy atom. The first-order valence-corrected chi connectivity index (χ1v) is 13.7. The van der Waals surface area contributed by atoms with Crippen LogP contribution in [-0.4, -0.2) is 11.1 Å². The van der Waals surface area contributed by atoms with Gasteiger partial charge in [-0.1, -0.05) is 53.2 Å². The average molecular weight is 441 g/mol. The molecule has 0 aliphatic heterocycles. The summed E-state index contributed by atoms with van der Waals surface area (Å²) in [4.78, 5) is 12.7. The minimum absolute atomic E-state index is 0.257. The van der Waals surface area contributed by atoms with Crippen LogP contribution in [-0.2, 0) is 4.79 Å². The topological polar surface area (TPSA) is 37.3 Å². The van der Waals surface area contributed by atoms with Crippen molar-refractivity contribution in [3.05, 3.63) is 12.2 Å². The highest BCUT2D eigenvalue weighted by Crippen LogP contribution is 2.77. The molecule has 5 rings (SSSR count). The molecule has 1 N–H and O–H groups in total. The fourth-order valence-electron chi connectivity index (χ4n) is 11.6. The molecule has 0 aromatic heterocycles. The van der Waals surface area contributed by atoms with Crippen LogP contribution in [0.1, 0.15) is 112 Å². The van der Waals surface area contributed by atoms with Gasteiger partial charge in [-0.3, -0.25) is 4.79 Å². The van der Waals surface area contributed by atoms with Gasteiger partial charge in [0.25, 0.3) is 0 Å². The van der Waals surface area contributed by atoms with Gasteiger partial charge in [0.1, 0.15) is 0 Å². The van der Waals surface area contributed by atoms with Crippen molar-refractivity contribution in [1.82, 2.24) is 0 Å². The molecule has 0 bridgehead atoms. The lowest BCUT2D eigenvalue weighted by molar-refractivity contribution is -0.237. The summed E-state index contributed by atoms with van der Waals surface area (Å²) in [5.74, 6) is 2.36. The van der Waals surface area contributed by atoms with Crippen molar-refractivity contribution in [2.45, 2.75) is 112 Å². The summed E-state index contributed by atoms with van der Waals surface area (Å²) in [6.07, 6.45) is 13.3. The monoisotopic (exact) mass is 440 g/mol. The van der Waals surface area contributed by atoms with Crippen molar-refractivity contribution in [2.75, 3.05) is 0 Å². The summed E-state index contributed by atoms with van der Waals surface area (Å²) in [6, 6.07) is 0. The van der Waals surface area contributed by atoms with Gasteiger partial charge in [0.2, 0.25) is 0 Å². The summed E-state index contributed by atoms with van der Waals surface area (Å²) in [7, 11) is 0. The Hall–Kier alpha value is -0.790. The van der Waals surface area contributed by atoms with Gasteiger partial charge in [-0.2, -0.15) is 0 Å². The zero-order valence-corrected chi connectivity index (χ0v) is 21.7. The first kappa shape index (κ1) is 23.0. The van der Waals surface area contributed by atoms with Gasteiger partial charge in [-0.15, -0.1) is 0 Å². The Morgan fingerprint density at radius 2 is 1.53 bits per heavy atom. The number of fused-ring (bicyclic) bond motifs is 7. The van der Waals surface area contributed by atoms with E-state index in [0.29, 0.717) is 34.0 Å². The van der Waals surface area contributed by atoms with Crippen molar-refractivity contribution in [1.29, 1.82) is 0 Å². The molecule has 2 heteroatoms. The van der Waals surface area contributed by atoms with Crippen LogP contribution in [0.25, 0.3) is 0 Å². The second-order valence-electron chi connectivity index (χ2n) is 14.5. The van der Waals surface area contributed by atoms with Crippen LogP contribution in [0.5, 0.6) is 0 Å². The highest BCUT2D eigenvalue weighted by molar-refractivity contribution is 5.76. The molecule has 2 nitrogen and oxygen atoms in total. The number of hydrogen-bond acceptors (Lipinski definition) is 1. The summed E-state index contributed by atoms with van der Waals surface area (Å²) >= 11 is 0. The third kappa shape index (κ3) is 2.62. The minimum atomic E-state index is -0.509. The number of carbonyl (C=O) groups is 1. The Bertz CT molecular complexity index is 827. The Kier molecular flexibility index (Phi) is 4.94. The van der Waals surface area contributed by atoms with Crippen molar-refractivity contribution >= 4 is 5.97 Å². The molecule has 9 atom stereocenters. The van der Waals surface area contributed by atoms with E-state index in [9.17, 15) is 9.90 Å². The molecule has 5 aliphatic carbocycles. The van der Waals surface area contributed by atoms with Gasteiger partial charge in [0.15, 0.2) is 0 Å². The standard InChI is InChI=1S/C30H48O2/c1-19(2)20-11-16-30(25(31)32)18-17-28(6)21(24(20)30)9-10-23-27(5)14-8-13-26(3,4)22(27)12-15-29(23,28)7/h20-24H,1,8-18H2,2-7H3,(H,31,32)/t20?,21?,22?,23?,24?,27?,28-,29?,30?/m1/s1. The van der Waals surface area contributed by atoms with E-state index in [2.05, 4.69) is 48.1 Å². The van der Waals surface area contributed by atoms with Crippen LogP contribution in [0.2, 0.25) is 0 Å². The highest BCUT2D eigenvalue weighted by atomic mass is 16.4. The average Bonchev–Trinajstić information content (AvgIpc) is 3.09. The lowest BCUT2D eigenvalue weighted by Gasteiger charge is -2.72. The normalized spacial score (nSPS) is 54.0. The van der Waals surface area contributed by atoms with Crippen LogP contribution in [0, 0.1) is 56.7 Å². The van der Waals surface area contributed by atoms with Crippen molar-refractivity contribution in [2.24, 2.45) is 56.7 Å². The predicted molar refractivity (Wildman–Crippen MR) is 131 cm³/mol. The van der Waals surface area contributed by atoms with E-state index in [-0.39, 0.29) is 5.41 Å². The molecule has 0 aromatic rings. The molecule has 0 amide bonds. The first-order valence-electron chi connectivity index (χ1n) is 13.7. The van der Waals surface area contributed by atoms with Crippen LogP contribution >= 0.6 is 0 Å². The second-order valence-corrected chi connectivity index (χ2v) is 14.5. The molecule has 0 aromatic carbocycles. The third-order valence-electron chi connectivity index (χ3n) is 13.2. The van der Waals surface area contributed by atoms with E-state index in [0.717, 1.165) is 37.5 Å². The predicted octanol–water partition coefficient (Wildman–Crippen LogP) is 8.12. The summed E-state index contributed by atoms with van der Waals surface area (Å²) < 4.78 is 0. The summed E-state index contributed by atoms with van der Waals surface area (Å²) in [6.45, 7) is 19.6. The molecule has 0 radical (unpaired) electrons. The van der Waals surface area contributed by atoms with E-state index in [4.69, 9.17) is 0 Å². The summed E-state index contributed by atoms with van der Waals surface area (Å²) in [5.41, 5.74) is 2.25. The quantitative estimate of drug-likeness (QED) is 0.440. The third-order valence-corrected chi connectivity index (χ3v) is 13.2. The van der Waals surface area contributed by atoms with Crippen LogP contribution in [0.4, 0.5) is 0 Å². The number of hydrogen-bond donors (Lipinski definition) is 1. The number of aliphatic carboxylic acids is 1. The van der Waals surface area contributed by atoms with Gasteiger partial charge < -0.3 is 5.11 Å². The van der Waals surface area contributed by atoms with Crippen LogP contribution in [0.3, 0.4) is 0 Å². The van der Waals surface area contributed by atoms with E-state index < -0.39 is 11.4 Å². The van der Waals surface area contributed by atoms with E-state index in [1.54, 1.807) is 0 Å². The van der Waals surface area contributed by atoms with Crippen molar-refractivity contribution in [3.8, 4) is 0 Å². The molecule has 5 aliphatic rings. The lowest BCUT2D eigenvalue weighted by atomic mass is 9.32. The zero-order chi connectivity index (χ0) is 23.3. The van der Waals surface area contributed by atoms with Crippen LogP contribution in [0.15, 0.2) is 12.2 Å². The molecule has 180 valence electrons. The SMILES string of the molecule is C=C(C)C1CCC2(C(=O)O)CC[C@]3(C)C(CCC4C5(C)CCCC(C)(C)C5CCC43C)C12. The molecule has 5 fully saturated rings. The molecule has 5 saturated carbocycles. The lowest BCUT2D eigenvalue weighted by Crippen LogP contribution is -2.66. The maximum absolute atomic E-state index is 12.7. The highest BCUT2D eigenvalue weighted by Gasteiger charge is 2.71. The molecule has 0 saturated heterocycles. The van der Waals surface area contributed by atoms with Gasteiger partial charge in [-0.05, 0) is 122 Å². The maximum atomic E-state index is 12.7. The van der Waals surface area contributed by atoms with E-state index in [1.807, 2.05) is 0 Å². The van der Waals surface area contributed by atoms with Gasteiger partial charge in [0.05, 0.1) is 5.41 Å². The van der Waals surface area contributed by atoms with E-state index in [1.165, 1.54) is 50.5 Å². The Morgan fingerprint density at radius 3 is 2.19 bits per heavy atom. The van der Waals surface area contributed by atoms with E-state index >= 15 is 0 Å². The number of carboxylic acids is 1. The van der Waals surface area contributed by atoms with Gasteiger partial charge >= 0.3 is 5.97 Å². The van der Waals surface area contributed by atoms with Crippen molar-refractivity contribution < 1.29 is 9.90 Å². The van der Waals surface area contributed by atoms with Crippen molar-refractivity contribution in [3.63, 3.8) is 0 Å². The minimum Gasteiger partial charge on any atom is -0.481 e. The molecule has 32 heavy (non-hydrogen) atoms. The fourth-order valence-corrected chi connectivity index (χ4v) is 11.6. The molecule has 8 unspecified atom stereocenters.